The summed E-state index contributed by atoms with van der Waals surface area (Å²) in [5.74, 6) is -1.28. The number of hydrogen-bond acceptors (Lipinski definition) is 4. The van der Waals surface area contributed by atoms with Crippen LogP contribution >= 0.6 is 0 Å². The van der Waals surface area contributed by atoms with Crippen molar-refractivity contribution >= 4 is 12.0 Å². The van der Waals surface area contributed by atoms with Crippen LogP contribution in [0.5, 0.6) is 5.75 Å². The molecule has 2 atom stereocenters. The third kappa shape index (κ3) is 4.09. The molecular formula is C26H25F2N3O3. The number of ether oxygens (including phenoxy) is 2. The van der Waals surface area contributed by atoms with E-state index < -0.39 is 17.7 Å². The zero-order chi connectivity index (χ0) is 23.8. The summed E-state index contributed by atoms with van der Waals surface area (Å²) in [5.41, 5.74) is 3.79. The number of piperidine rings is 1. The Bertz CT molecular complexity index is 1270. The van der Waals surface area contributed by atoms with Crippen LogP contribution in [-0.2, 0) is 9.53 Å². The number of benzene rings is 2. The number of aromatic nitrogens is 2. The summed E-state index contributed by atoms with van der Waals surface area (Å²) < 4.78 is 40.6. The third-order valence-electron chi connectivity index (χ3n) is 6.43. The molecule has 0 aliphatic carbocycles. The average molecular weight is 466 g/mol. The molecule has 0 bridgehead atoms. The van der Waals surface area contributed by atoms with Gasteiger partial charge < -0.3 is 18.9 Å². The predicted molar refractivity (Wildman–Crippen MR) is 123 cm³/mol. The van der Waals surface area contributed by atoms with E-state index in [1.54, 1.807) is 18.3 Å². The summed E-state index contributed by atoms with van der Waals surface area (Å²) in [6, 6.07) is 8.95. The molecule has 2 aliphatic rings. The molecule has 2 fully saturated rings. The van der Waals surface area contributed by atoms with E-state index >= 15 is 0 Å². The van der Waals surface area contributed by atoms with Crippen molar-refractivity contribution in [1.82, 2.24) is 14.5 Å². The highest BCUT2D eigenvalue weighted by Crippen LogP contribution is 2.36. The highest BCUT2D eigenvalue weighted by molar-refractivity contribution is 5.99. The summed E-state index contributed by atoms with van der Waals surface area (Å²) in [4.78, 5) is 19.6. The quantitative estimate of drug-likeness (QED) is 0.528. The van der Waals surface area contributed by atoms with Gasteiger partial charge in [-0.15, -0.1) is 0 Å². The number of aryl methyl sites for hydroxylation is 1. The first-order valence-corrected chi connectivity index (χ1v) is 11.2. The molecule has 0 unspecified atom stereocenters. The molecule has 2 aromatic carbocycles. The summed E-state index contributed by atoms with van der Waals surface area (Å²) in [7, 11) is 1.61. The van der Waals surface area contributed by atoms with Crippen LogP contribution < -0.4 is 4.74 Å². The lowest BCUT2D eigenvalue weighted by Gasteiger charge is -2.45. The molecule has 3 heterocycles. The van der Waals surface area contributed by atoms with Gasteiger partial charge in [-0.3, -0.25) is 4.79 Å². The summed E-state index contributed by atoms with van der Waals surface area (Å²) >= 11 is 0. The molecule has 2 aliphatic heterocycles. The van der Waals surface area contributed by atoms with E-state index in [9.17, 15) is 13.6 Å². The highest BCUT2D eigenvalue weighted by atomic mass is 19.2. The number of amides is 1. The van der Waals surface area contributed by atoms with Crippen LogP contribution in [0.3, 0.4) is 0 Å². The van der Waals surface area contributed by atoms with Crippen molar-refractivity contribution in [3.05, 3.63) is 83.0 Å². The molecule has 0 radical (unpaired) electrons. The monoisotopic (exact) mass is 465 g/mol. The Hall–Kier alpha value is -3.52. The van der Waals surface area contributed by atoms with Crippen molar-refractivity contribution in [1.29, 1.82) is 0 Å². The van der Waals surface area contributed by atoms with Crippen molar-refractivity contribution in [2.45, 2.75) is 31.8 Å². The van der Waals surface area contributed by atoms with E-state index in [0.717, 1.165) is 35.5 Å². The van der Waals surface area contributed by atoms with Crippen LogP contribution in [0.1, 0.15) is 35.7 Å². The highest BCUT2D eigenvalue weighted by Gasteiger charge is 2.40. The molecule has 34 heavy (non-hydrogen) atoms. The van der Waals surface area contributed by atoms with Gasteiger partial charge in [-0.05, 0) is 61.2 Å². The molecule has 6 nitrogen and oxygen atoms in total. The lowest BCUT2D eigenvalue weighted by molar-refractivity contribution is -0.145. The molecular weight excluding hydrogens is 440 g/mol. The number of carbonyl (C=O) groups excluding carboxylic acids is 1. The Morgan fingerprint density at radius 2 is 2.00 bits per heavy atom. The number of methoxy groups -OCH3 is 1. The summed E-state index contributed by atoms with van der Waals surface area (Å²) in [6.45, 7) is 2.60. The molecule has 8 heteroatoms. The lowest BCUT2D eigenvalue weighted by atomic mass is 9.91. The normalized spacial score (nSPS) is 21.6. The molecule has 1 amide bonds. The van der Waals surface area contributed by atoms with E-state index in [1.165, 1.54) is 6.07 Å². The van der Waals surface area contributed by atoms with Gasteiger partial charge in [-0.1, -0.05) is 12.1 Å². The molecule has 0 saturated carbocycles. The zero-order valence-corrected chi connectivity index (χ0v) is 19.0. The first-order chi connectivity index (χ1) is 16.4. The number of imidazole rings is 1. The van der Waals surface area contributed by atoms with Crippen molar-refractivity contribution in [3.63, 3.8) is 0 Å². The lowest BCUT2D eigenvalue weighted by Crippen LogP contribution is -2.53. The van der Waals surface area contributed by atoms with Crippen LogP contribution in [0.4, 0.5) is 8.78 Å². The Balaban J connectivity index is 1.45. The Morgan fingerprint density at radius 3 is 2.74 bits per heavy atom. The van der Waals surface area contributed by atoms with Gasteiger partial charge in [-0.2, -0.15) is 0 Å². The topological polar surface area (TPSA) is 56.6 Å². The Labute approximate surface area is 196 Å². The first-order valence-electron chi connectivity index (χ1n) is 11.2. The van der Waals surface area contributed by atoms with Crippen LogP contribution in [0.15, 0.2) is 54.5 Å². The molecule has 5 rings (SSSR count). The summed E-state index contributed by atoms with van der Waals surface area (Å²) in [6.07, 6.45) is 6.87. The average Bonchev–Trinajstić information content (AvgIpc) is 3.28. The maximum atomic E-state index is 13.9. The van der Waals surface area contributed by atoms with E-state index in [2.05, 4.69) is 4.98 Å². The second-order valence-electron chi connectivity index (χ2n) is 8.65. The van der Waals surface area contributed by atoms with Crippen molar-refractivity contribution in [2.75, 3.05) is 20.3 Å². The van der Waals surface area contributed by atoms with Crippen molar-refractivity contribution in [3.8, 4) is 11.4 Å². The van der Waals surface area contributed by atoms with Crippen LogP contribution in [0.2, 0.25) is 0 Å². The van der Waals surface area contributed by atoms with Gasteiger partial charge in [-0.25, -0.2) is 13.8 Å². The fraction of sp³-hybridized carbons (Fsp3) is 0.308. The molecule has 176 valence electrons. The zero-order valence-electron chi connectivity index (χ0n) is 19.0. The molecule has 0 spiro atoms. The number of nitrogens with zero attached hydrogens (tertiary/aromatic N) is 3. The Kier molecular flexibility index (Phi) is 5.91. The van der Waals surface area contributed by atoms with Crippen molar-refractivity contribution < 1.29 is 23.0 Å². The van der Waals surface area contributed by atoms with Gasteiger partial charge in [0.25, 0.3) is 5.91 Å². The van der Waals surface area contributed by atoms with Gasteiger partial charge in [0, 0.05) is 11.8 Å². The fourth-order valence-electron chi connectivity index (χ4n) is 4.72. The van der Waals surface area contributed by atoms with Gasteiger partial charge in [0.2, 0.25) is 0 Å². The number of halogens is 2. The fourth-order valence-corrected chi connectivity index (χ4v) is 4.72. The van der Waals surface area contributed by atoms with E-state index in [1.807, 2.05) is 42.0 Å². The molecule has 0 N–H and O–H groups in total. The SMILES string of the molecule is COc1cc(/C=C2\CC[C@H]3COC[C@@H](c4ccc(F)c(F)c4)N3C2=O)ccc1-n1cnc(C)c1. The molecule has 1 aromatic heterocycles. The molecule has 3 aromatic rings. The van der Waals surface area contributed by atoms with E-state index in [4.69, 9.17) is 9.47 Å². The maximum absolute atomic E-state index is 13.9. The minimum atomic E-state index is -0.930. The second-order valence-corrected chi connectivity index (χ2v) is 8.65. The van der Waals surface area contributed by atoms with Gasteiger partial charge in [0.15, 0.2) is 11.6 Å². The number of carbonyl (C=O) groups is 1. The minimum Gasteiger partial charge on any atom is -0.495 e. The third-order valence-corrected chi connectivity index (χ3v) is 6.43. The van der Waals surface area contributed by atoms with Crippen LogP contribution in [-0.4, -0.2) is 46.7 Å². The first kappa shape index (κ1) is 22.3. The number of morpholine rings is 1. The standard InChI is InChI=1S/C26H25F2N3O3/c1-16-12-30(15-29-16)23-8-3-17(10-25(23)33-2)9-19-4-6-20-13-34-14-24(31(20)26(19)32)18-5-7-21(27)22(28)11-18/h3,5,7-12,15,20,24H,4,6,13-14H2,1-2H3/b19-9+/t20-,24-/m0/s1. The number of fused-ring (bicyclic) bond motifs is 1. The van der Waals surface area contributed by atoms with Gasteiger partial charge >= 0.3 is 0 Å². The van der Waals surface area contributed by atoms with Crippen LogP contribution in [0.25, 0.3) is 11.8 Å². The second kappa shape index (κ2) is 9.02. The van der Waals surface area contributed by atoms with Gasteiger partial charge in [0.05, 0.1) is 50.1 Å². The largest absolute Gasteiger partial charge is 0.495 e. The smallest absolute Gasteiger partial charge is 0.250 e. The summed E-state index contributed by atoms with van der Waals surface area (Å²) in [5, 5.41) is 0. The number of hydrogen-bond donors (Lipinski definition) is 0. The Morgan fingerprint density at radius 1 is 1.15 bits per heavy atom. The van der Waals surface area contributed by atoms with E-state index in [-0.39, 0.29) is 18.6 Å². The van der Waals surface area contributed by atoms with Gasteiger partial charge in [0.1, 0.15) is 5.75 Å². The van der Waals surface area contributed by atoms with Crippen LogP contribution in [0, 0.1) is 18.6 Å². The number of rotatable bonds is 4. The van der Waals surface area contributed by atoms with E-state index in [0.29, 0.717) is 29.9 Å². The van der Waals surface area contributed by atoms with Crippen molar-refractivity contribution in [2.24, 2.45) is 0 Å². The molecule has 2 saturated heterocycles. The predicted octanol–water partition coefficient (Wildman–Crippen LogP) is 4.61. The minimum absolute atomic E-state index is 0.0992. The maximum Gasteiger partial charge on any atom is 0.250 e.